The van der Waals surface area contributed by atoms with E-state index in [1.807, 2.05) is 29.0 Å². The van der Waals surface area contributed by atoms with E-state index < -0.39 is 0 Å². The number of rotatable bonds is 4. The first kappa shape index (κ1) is 19.3. The van der Waals surface area contributed by atoms with Crippen LogP contribution in [-0.2, 0) is 9.59 Å². The van der Waals surface area contributed by atoms with E-state index in [1.165, 1.54) is 0 Å². The lowest BCUT2D eigenvalue weighted by molar-refractivity contribution is -0.131. The van der Waals surface area contributed by atoms with Gasteiger partial charge in [-0.2, -0.15) is 0 Å². The number of carbonyl (C=O) groups excluding carboxylic acids is 2. The predicted octanol–water partition coefficient (Wildman–Crippen LogP) is 1.35. The van der Waals surface area contributed by atoms with E-state index in [2.05, 4.69) is 10.2 Å². The number of fused-ring (bicyclic) bond motifs is 1. The van der Waals surface area contributed by atoms with E-state index in [-0.39, 0.29) is 23.9 Å². The van der Waals surface area contributed by atoms with Crippen LogP contribution in [0.25, 0.3) is 0 Å². The number of ether oxygens (including phenoxy) is 1. The summed E-state index contributed by atoms with van der Waals surface area (Å²) in [6.07, 6.45) is 2.67. The molecule has 1 aromatic rings. The normalized spacial score (nSPS) is 23.5. The van der Waals surface area contributed by atoms with Gasteiger partial charge in [-0.05, 0) is 37.5 Å². The van der Waals surface area contributed by atoms with Crippen LogP contribution in [0.1, 0.15) is 19.3 Å². The molecule has 7 nitrogen and oxygen atoms in total. The van der Waals surface area contributed by atoms with Crippen LogP contribution in [0.4, 0.5) is 5.69 Å². The number of hydrogen-bond donors (Lipinski definition) is 1. The molecule has 3 aliphatic rings. The number of piperidine rings is 1. The van der Waals surface area contributed by atoms with Gasteiger partial charge in [-0.15, -0.1) is 0 Å². The predicted molar refractivity (Wildman–Crippen MR) is 108 cm³/mol. The van der Waals surface area contributed by atoms with Gasteiger partial charge in [-0.1, -0.05) is 11.6 Å². The zero-order chi connectivity index (χ0) is 19.7. The van der Waals surface area contributed by atoms with Gasteiger partial charge in [0.05, 0.1) is 24.8 Å². The second kappa shape index (κ2) is 8.17. The fraction of sp³-hybridized carbons (Fsp3) is 0.600. The van der Waals surface area contributed by atoms with E-state index in [9.17, 15) is 9.59 Å². The summed E-state index contributed by atoms with van der Waals surface area (Å²) in [5.74, 6) is 1.01. The lowest BCUT2D eigenvalue weighted by Crippen LogP contribution is -2.51. The van der Waals surface area contributed by atoms with Crippen molar-refractivity contribution in [1.82, 2.24) is 15.1 Å². The molecule has 152 valence electrons. The van der Waals surface area contributed by atoms with Gasteiger partial charge in [0.2, 0.25) is 11.8 Å². The van der Waals surface area contributed by atoms with Crippen LogP contribution in [-0.4, -0.2) is 80.1 Å². The van der Waals surface area contributed by atoms with Crippen LogP contribution >= 0.6 is 11.6 Å². The number of amides is 2. The Kier molecular flexibility index (Phi) is 5.64. The maximum Gasteiger partial charge on any atom is 0.239 e. The van der Waals surface area contributed by atoms with E-state index in [4.69, 9.17) is 16.3 Å². The zero-order valence-corrected chi connectivity index (χ0v) is 17.0. The summed E-state index contributed by atoms with van der Waals surface area (Å²) in [6.45, 7) is 4.06. The molecule has 2 fully saturated rings. The summed E-state index contributed by atoms with van der Waals surface area (Å²) in [5.41, 5.74) is 0.868. The molecule has 0 saturated carbocycles. The molecule has 1 atom stereocenters. The molecule has 0 radical (unpaired) electrons. The number of likely N-dealkylation sites (tertiary alicyclic amines) is 2. The third-order valence-electron chi connectivity index (χ3n) is 5.95. The smallest absolute Gasteiger partial charge is 0.239 e. The molecular formula is C20H27ClN4O3. The molecule has 3 heterocycles. The maximum absolute atomic E-state index is 12.6. The standard InChI is InChI=1S/C20H27ClN4O3/c1-23-7-6-16(20(23)27)24-8-4-15(5-9-24)22-19(26)13-25-10-11-28-18-3-2-14(21)12-17(18)25/h2-3,12,15-16H,4-11,13H2,1H3,(H,22,26)/t16-/m1/s1. The van der Waals surface area contributed by atoms with Crippen molar-refractivity contribution in [2.24, 2.45) is 0 Å². The van der Waals surface area contributed by atoms with E-state index in [0.29, 0.717) is 24.7 Å². The summed E-state index contributed by atoms with van der Waals surface area (Å²) in [5, 5.41) is 3.80. The lowest BCUT2D eigenvalue weighted by Gasteiger charge is -2.36. The number of nitrogens with zero attached hydrogens (tertiary/aromatic N) is 3. The van der Waals surface area contributed by atoms with E-state index in [0.717, 1.165) is 50.3 Å². The van der Waals surface area contributed by atoms with Crippen LogP contribution in [0.15, 0.2) is 18.2 Å². The van der Waals surface area contributed by atoms with Gasteiger partial charge in [0, 0.05) is 37.7 Å². The van der Waals surface area contributed by atoms with Crippen molar-refractivity contribution in [3.8, 4) is 5.75 Å². The van der Waals surface area contributed by atoms with Gasteiger partial charge in [0.15, 0.2) is 0 Å². The largest absolute Gasteiger partial charge is 0.490 e. The Bertz CT molecular complexity index is 751. The van der Waals surface area contributed by atoms with Crippen LogP contribution in [0.5, 0.6) is 5.75 Å². The Labute approximate surface area is 170 Å². The Morgan fingerprint density at radius 1 is 1.21 bits per heavy atom. The highest BCUT2D eigenvalue weighted by Crippen LogP contribution is 2.33. The lowest BCUT2D eigenvalue weighted by atomic mass is 10.0. The minimum Gasteiger partial charge on any atom is -0.490 e. The zero-order valence-electron chi connectivity index (χ0n) is 16.2. The van der Waals surface area contributed by atoms with Gasteiger partial charge >= 0.3 is 0 Å². The number of halogens is 1. The van der Waals surface area contributed by atoms with Gasteiger partial charge in [0.25, 0.3) is 0 Å². The third kappa shape index (κ3) is 4.05. The first-order valence-corrected chi connectivity index (χ1v) is 10.3. The van der Waals surface area contributed by atoms with Crippen LogP contribution in [0.3, 0.4) is 0 Å². The summed E-state index contributed by atoms with van der Waals surface area (Å²) >= 11 is 6.11. The van der Waals surface area contributed by atoms with Crippen molar-refractivity contribution < 1.29 is 14.3 Å². The summed E-state index contributed by atoms with van der Waals surface area (Å²) in [7, 11) is 1.87. The second-order valence-corrected chi connectivity index (χ2v) is 8.26. The summed E-state index contributed by atoms with van der Waals surface area (Å²) in [6, 6.07) is 5.68. The Balaban J connectivity index is 1.28. The molecule has 28 heavy (non-hydrogen) atoms. The fourth-order valence-corrected chi connectivity index (χ4v) is 4.52. The van der Waals surface area contributed by atoms with Crippen LogP contribution in [0.2, 0.25) is 5.02 Å². The molecule has 0 spiro atoms. The Morgan fingerprint density at radius 2 is 2.00 bits per heavy atom. The quantitative estimate of drug-likeness (QED) is 0.817. The van der Waals surface area contributed by atoms with Crippen LogP contribution in [0, 0.1) is 0 Å². The molecule has 2 amide bonds. The Hall–Kier alpha value is -1.99. The monoisotopic (exact) mass is 406 g/mol. The highest BCUT2D eigenvalue weighted by Gasteiger charge is 2.36. The molecule has 1 N–H and O–H groups in total. The molecular weight excluding hydrogens is 380 g/mol. The number of benzene rings is 1. The molecule has 2 saturated heterocycles. The maximum atomic E-state index is 12.6. The number of carbonyl (C=O) groups is 2. The summed E-state index contributed by atoms with van der Waals surface area (Å²) < 4.78 is 5.65. The third-order valence-corrected chi connectivity index (χ3v) is 6.18. The minimum absolute atomic E-state index is 0.0166. The first-order chi connectivity index (χ1) is 13.5. The SMILES string of the molecule is CN1CC[C@@H](N2CCC(NC(=O)CN3CCOc4ccc(Cl)cc43)CC2)C1=O. The molecule has 0 aliphatic carbocycles. The average Bonchev–Trinajstić information content (AvgIpc) is 3.02. The fourth-order valence-electron chi connectivity index (χ4n) is 4.36. The molecule has 0 bridgehead atoms. The Morgan fingerprint density at radius 3 is 2.71 bits per heavy atom. The average molecular weight is 407 g/mol. The minimum atomic E-state index is 0.0166. The van der Waals surface area contributed by atoms with Crippen molar-refractivity contribution >= 4 is 29.1 Å². The highest BCUT2D eigenvalue weighted by atomic mass is 35.5. The van der Waals surface area contributed by atoms with Gasteiger partial charge in [-0.25, -0.2) is 0 Å². The van der Waals surface area contributed by atoms with Crippen molar-refractivity contribution in [3.63, 3.8) is 0 Å². The van der Waals surface area contributed by atoms with Crippen molar-refractivity contribution in [3.05, 3.63) is 23.2 Å². The molecule has 1 aromatic carbocycles. The van der Waals surface area contributed by atoms with Gasteiger partial charge in [0.1, 0.15) is 12.4 Å². The summed E-state index contributed by atoms with van der Waals surface area (Å²) in [4.78, 5) is 30.9. The molecule has 0 aromatic heterocycles. The molecule has 8 heteroatoms. The van der Waals surface area contributed by atoms with Gasteiger partial charge < -0.3 is 19.9 Å². The van der Waals surface area contributed by atoms with Crippen molar-refractivity contribution in [2.45, 2.75) is 31.3 Å². The highest BCUT2D eigenvalue weighted by molar-refractivity contribution is 6.31. The number of nitrogens with one attached hydrogen (secondary N) is 1. The molecule has 3 aliphatic heterocycles. The van der Waals surface area contributed by atoms with E-state index >= 15 is 0 Å². The van der Waals surface area contributed by atoms with E-state index in [1.54, 1.807) is 6.07 Å². The number of likely N-dealkylation sites (N-methyl/N-ethyl adjacent to an activating group) is 1. The van der Waals surface area contributed by atoms with Gasteiger partial charge in [-0.3, -0.25) is 14.5 Å². The van der Waals surface area contributed by atoms with Crippen molar-refractivity contribution in [2.75, 3.05) is 51.3 Å². The topological polar surface area (TPSA) is 65.1 Å². The second-order valence-electron chi connectivity index (χ2n) is 7.82. The molecule has 4 rings (SSSR count). The van der Waals surface area contributed by atoms with Crippen LogP contribution < -0.4 is 15.0 Å². The number of anilines is 1. The van der Waals surface area contributed by atoms with Crippen molar-refractivity contribution in [1.29, 1.82) is 0 Å². The number of hydrogen-bond acceptors (Lipinski definition) is 5. The first-order valence-electron chi connectivity index (χ1n) is 9.97. The molecule has 0 unspecified atom stereocenters.